The molecule has 1 aliphatic rings. The van der Waals surface area contributed by atoms with Gasteiger partial charge in [-0.25, -0.2) is 0 Å². The lowest BCUT2D eigenvalue weighted by Gasteiger charge is -2.28. The van der Waals surface area contributed by atoms with Gasteiger partial charge in [0.05, 0.1) is 33.5 Å². The van der Waals surface area contributed by atoms with Crippen LogP contribution in [0.5, 0.6) is 0 Å². The summed E-state index contributed by atoms with van der Waals surface area (Å²) in [6.45, 7) is 4.70. The first-order valence-electron chi connectivity index (χ1n) is 19.5. The van der Waals surface area contributed by atoms with Crippen LogP contribution in [0.3, 0.4) is 0 Å². The number of nitrogens with zero attached hydrogens (tertiary/aromatic N) is 2. The Morgan fingerprint density at radius 2 is 1.39 bits per heavy atom. The van der Waals surface area contributed by atoms with Crippen molar-refractivity contribution in [2.45, 2.75) is 12.5 Å². The number of fused-ring (bicyclic) bond motifs is 14. The molecule has 2 atom stereocenters. The highest BCUT2D eigenvalue weighted by Gasteiger charge is 2.33. The molecule has 0 radical (unpaired) electrons. The van der Waals surface area contributed by atoms with Gasteiger partial charge in [0.1, 0.15) is 11.2 Å². The summed E-state index contributed by atoms with van der Waals surface area (Å²) in [6, 6.07) is 58.4. The molecule has 0 fully saturated rings. The maximum atomic E-state index is 7.49. The number of para-hydroxylation sites is 1. The molecule has 0 saturated heterocycles. The van der Waals surface area contributed by atoms with E-state index in [1.165, 1.54) is 47.3 Å². The van der Waals surface area contributed by atoms with E-state index >= 15 is 0 Å². The zero-order chi connectivity index (χ0) is 37.8. The maximum Gasteiger partial charge on any atom is 0.137 e. The second-order valence-electron chi connectivity index (χ2n) is 15.3. The number of benzene rings is 8. The molecule has 4 nitrogen and oxygen atoms in total. The molecule has 4 heterocycles. The fourth-order valence-electron chi connectivity index (χ4n) is 9.37. The largest absolute Gasteiger partial charge is 0.456 e. The molecule has 5 heteroatoms. The summed E-state index contributed by atoms with van der Waals surface area (Å²) in [6.07, 6.45) is 0.694. The van der Waals surface area contributed by atoms with Crippen LogP contribution in [0.15, 0.2) is 180 Å². The van der Waals surface area contributed by atoms with Crippen LogP contribution >= 0.6 is 11.3 Å². The molecule has 11 aromatic rings. The molecule has 270 valence electrons. The highest BCUT2D eigenvalue weighted by atomic mass is 32.1. The van der Waals surface area contributed by atoms with Crippen LogP contribution in [-0.4, -0.2) is 10.3 Å². The first-order valence-corrected chi connectivity index (χ1v) is 20.3. The molecule has 0 saturated carbocycles. The summed E-state index contributed by atoms with van der Waals surface area (Å²) in [5.41, 5.74) is 18.4. The maximum absolute atomic E-state index is 7.49. The third-order valence-electron chi connectivity index (χ3n) is 12.1. The Hall–Kier alpha value is -6.79. The SMILES string of the molecule is C=C(N=C1c2ccc3oc4ccccc4c3c2-n2c3cc(ccc3c3cc4ccccc4cc32)CC1C(N)c1ccccc1)c1ccc2sc3ccccc3c2c1. The van der Waals surface area contributed by atoms with E-state index in [2.05, 4.69) is 156 Å². The van der Waals surface area contributed by atoms with Crippen molar-refractivity contribution in [1.29, 1.82) is 0 Å². The summed E-state index contributed by atoms with van der Waals surface area (Å²) < 4.78 is 11.6. The molecule has 57 heavy (non-hydrogen) atoms. The molecule has 8 aromatic carbocycles. The van der Waals surface area contributed by atoms with Gasteiger partial charge in [-0.1, -0.05) is 116 Å². The topological polar surface area (TPSA) is 56.5 Å². The lowest BCUT2D eigenvalue weighted by molar-refractivity contribution is 0.550. The Morgan fingerprint density at radius 3 is 2.26 bits per heavy atom. The highest BCUT2D eigenvalue weighted by Crippen LogP contribution is 2.45. The van der Waals surface area contributed by atoms with E-state index in [0.717, 1.165) is 61.1 Å². The zero-order valence-corrected chi connectivity index (χ0v) is 31.8. The molecular formula is C52H35N3OS. The van der Waals surface area contributed by atoms with Gasteiger partial charge < -0.3 is 14.7 Å². The Morgan fingerprint density at radius 1 is 0.649 bits per heavy atom. The molecule has 12 rings (SSSR count). The van der Waals surface area contributed by atoms with Gasteiger partial charge in [0, 0.05) is 59.4 Å². The quantitative estimate of drug-likeness (QED) is 0.195. The normalized spacial score (nSPS) is 15.6. The van der Waals surface area contributed by atoms with Crippen molar-refractivity contribution < 1.29 is 4.42 Å². The minimum Gasteiger partial charge on any atom is -0.456 e. The van der Waals surface area contributed by atoms with Crippen LogP contribution < -0.4 is 5.73 Å². The van der Waals surface area contributed by atoms with Gasteiger partial charge in [0.25, 0.3) is 0 Å². The van der Waals surface area contributed by atoms with E-state index in [-0.39, 0.29) is 12.0 Å². The predicted octanol–water partition coefficient (Wildman–Crippen LogP) is 13.5. The number of rotatable bonds is 4. The number of hydrogen-bond acceptors (Lipinski definition) is 4. The molecule has 0 amide bonds. The summed E-state index contributed by atoms with van der Waals surface area (Å²) in [7, 11) is 0. The van der Waals surface area contributed by atoms with Gasteiger partial charge in [-0.2, -0.15) is 0 Å². The van der Waals surface area contributed by atoms with E-state index < -0.39 is 0 Å². The lowest BCUT2D eigenvalue weighted by atomic mass is 9.81. The van der Waals surface area contributed by atoms with Gasteiger partial charge in [-0.3, -0.25) is 4.99 Å². The predicted molar refractivity (Wildman–Crippen MR) is 241 cm³/mol. The number of furan rings is 1. The number of hydrogen-bond donors (Lipinski definition) is 1. The van der Waals surface area contributed by atoms with Gasteiger partial charge in [0.2, 0.25) is 0 Å². The Kier molecular flexibility index (Phi) is 7.04. The fourth-order valence-corrected chi connectivity index (χ4v) is 10.5. The third kappa shape index (κ3) is 4.93. The Balaban J connectivity index is 1.20. The number of nitrogens with two attached hydrogens (primary N) is 1. The van der Waals surface area contributed by atoms with E-state index in [9.17, 15) is 0 Å². The molecule has 0 spiro atoms. The van der Waals surface area contributed by atoms with Crippen LogP contribution in [0, 0.1) is 5.92 Å². The van der Waals surface area contributed by atoms with Crippen LogP contribution in [0.4, 0.5) is 0 Å². The molecular weight excluding hydrogens is 715 g/mol. The van der Waals surface area contributed by atoms with Crippen LogP contribution in [0.2, 0.25) is 0 Å². The Bertz CT molecular complexity index is 3490. The third-order valence-corrected chi connectivity index (χ3v) is 13.3. The fraction of sp³-hybridized carbons (Fsp3) is 0.0577. The second-order valence-corrected chi connectivity index (χ2v) is 16.4. The average Bonchev–Trinajstić information content (AvgIpc) is 3.93. The van der Waals surface area contributed by atoms with Crippen LogP contribution in [-0.2, 0) is 6.42 Å². The molecule has 0 aliphatic carbocycles. The molecule has 2 N–H and O–H groups in total. The van der Waals surface area contributed by atoms with Crippen molar-refractivity contribution >= 4 is 97.4 Å². The summed E-state index contributed by atoms with van der Waals surface area (Å²) in [5.74, 6) is -0.196. The molecule has 2 bridgehead atoms. The molecule has 1 aliphatic heterocycles. The summed E-state index contributed by atoms with van der Waals surface area (Å²) >= 11 is 1.82. The van der Waals surface area contributed by atoms with E-state index in [1.54, 1.807) is 0 Å². The Labute approximate surface area is 332 Å². The summed E-state index contributed by atoms with van der Waals surface area (Å²) in [5, 5.41) is 9.42. The molecule has 2 unspecified atom stereocenters. The standard InChI is InChI=1S/C52H35N3OS/c1-30(33-20-24-48-41(27-33)37-15-8-10-18-47(37)57-48)54-51-39-22-23-46-49(38-16-7-9-17-45(38)56-46)52(39)55-43-26-31(25-42(51)50(53)32-11-3-2-4-12-32)19-21-36(43)40-28-34-13-5-6-14-35(34)29-44(40)55/h2-24,26-29,42,50H,1,25,53H2. The lowest BCUT2D eigenvalue weighted by Crippen LogP contribution is -2.31. The van der Waals surface area contributed by atoms with E-state index in [0.29, 0.717) is 12.1 Å². The number of thiophene rings is 1. The van der Waals surface area contributed by atoms with E-state index in [4.69, 9.17) is 21.7 Å². The first kappa shape index (κ1) is 32.5. The minimum atomic E-state index is -0.348. The second kappa shape index (κ2) is 12.4. The van der Waals surface area contributed by atoms with Crippen molar-refractivity contribution in [3.05, 3.63) is 193 Å². The van der Waals surface area contributed by atoms with Gasteiger partial charge in [-0.05, 0) is 82.9 Å². The minimum absolute atomic E-state index is 0.196. The van der Waals surface area contributed by atoms with Crippen molar-refractivity contribution in [2.75, 3.05) is 0 Å². The smallest absolute Gasteiger partial charge is 0.137 e. The van der Waals surface area contributed by atoms with Gasteiger partial charge >= 0.3 is 0 Å². The van der Waals surface area contributed by atoms with Crippen LogP contribution in [0.1, 0.15) is 28.3 Å². The number of aliphatic imine (C=N–C) groups is 1. The highest BCUT2D eigenvalue weighted by molar-refractivity contribution is 7.25. The molecule has 3 aromatic heterocycles. The first-order chi connectivity index (χ1) is 28.1. The average molecular weight is 750 g/mol. The van der Waals surface area contributed by atoms with Crippen molar-refractivity contribution in [3.8, 4) is 5.69 Å². The van der Waals surface area contributed by atoms with Crippen LogP contribution in [0.25, 0.3) is 86.1 Å². The zero-order valence-electron chi connectivity index (χ0n) is 30.9. The monoisotopic (exact) mass is 749 g/mol. The number of aromatic nitrogens is 1. The summed E-state index contributed by atoms with van der Waals surface area (Å²) in [4.78, 5) is 5.68. The van der Waals surface area contributed by atoms with Crippen molar-refractivity contribution in [2.24, 2.45) is 16.6 Å². The van der Waals surface area contributed by atoms with Crippen molar-refractivity contribution in [3.63, 3.8) is 0 Å². The van der Waals surface area contributed by atoms with Gasteiger partial charge in [0.15, 0.2) is 0 Å². The van der Waals surface area contributed by atoms with Crippen molar-refractivity contribution in [1.82, 2.24) is 4.57 Å². The van der Waals surface area contributed by atoms with E-state index in [1.807, 2.05) is 23.5 Å². The van der Waals surface area contributed by atoms with Gasteiger partial charge in [-0.15, -0.1) is 11.3 Å².